The first-order valence-corrected chi connectivity index (χ1v) is 15.0. The zero-order chi connectivity index (χ0) is 31.1. The molecule has 0 radical (unpaired) electrons. The molecule has 0 saturated carbocycles. The van der Waals surface area contributed by atoms with E-state index in [0.717, 1.165) is 16.9 Å². The second kappa shape index (κ2) is 14.3. The van der Waals surface area contributed by atoms with Crippen molar-refractivity contribution < 1.29 is 19.0 Å². The minimum absolute atomic E-state index is 0.0545. The SMILES string of the molecule is CCCn1c(NCCc2ccc(OC)c(OC)c2)c(/C=C2/SC(=S)N(Cc3ccc(OC)cc3)C2=O)c(C)c(C#N)c1=O. The molecule has 43 heavy (non-hydrogen) atoms. The summed E-state index contributed by atoms with van der Waals surface area (Å²) in [5.74, 6) is 2.34. The van der Waals surface area contributed by atoms with Crippen molar-refractivity contribution in [3.05, 3.63) is 85.5 Å². The number of pyridine rings is 1. The standard InChI is InChI=1S/C32H34N4O5S2/c1-6-15-35-29(34-14-13-21-9-12-26(40-4)27(16-21)41-5)24(20(2)25(18-33)30(35)37)17-28-31(38)36(32(42)43-28)19-22-7-10-23(39-3)11-8-22/h7-12,16-17,34H,6,13-15,19H2,1-5H3/b28-17+. The van der Waals surface area contributed by atoms with Crippen molar-refractivity contribution in [3.8, 4) is 23.3 Å². The molecule has 0 bridgehead atoms. The number of rotatable bonds is 12. The Morgan fingerprint density at radius 3 is 2.35 bits per heavy atom. The normalized spacial score (nSPS) is 13.8. The minimum atomic E-state index is -0.361. The van der Waals surface area contributed by atoms with E-state index in [1.165, 1.54) is 11.8 Å². The lowest BCUT2D eigenvalue weighted by atomic mass is 10.0. The van der Waals surface area contributed by atoms with Crippen LogP contribution in [-0.2, 0) is 24.3 Å². The molecular formula is C32H34N4O5S2. The second-order valence-corrected chi connectivity index (χ2v) is 11.5. The largest absolute Gasteiger partial charge is 0.497 e. The third-order valence-corrected chi connectivity index (χ3v) is 8.50. The summed E-state index contributed by atoms with van der Waals surface area (Å²) in [7, 11) is 4.78. The predicted molar refractivity (Wildman–Crippen MR) is 174 cm³/mol. The number of anilines is 1. The maximum atomic E-state index is 13.6. The van der Waals surface area contributed by atoms with Crippen molar-refractivity contribution in [2.24, 2.45) is 0 Å². The number of thiocarbonyl (C=S) groups is 1. The first kappa shape index (κ1) is 31.7. The van der Waals surface area contributed by atoms with Crippen LogP contribution in [0.3, 0.4) is 0 Å². The van der Waals surface area contributed by atoms with Crippen molar-refractivity contribution >= 4 is 46.1 Å². The molecule has 1 saturated heterocycles. The fraction of sp³-hybridized carbons (Fsp3) is 0.312. The smallest absolute Gasteiger partial charge is 0.270 e. The van der Waals surface area contributed by atoms with Crippen LogP contribution < -0.4 is 25.1 Å². The number of methoxy groups -OCH3 is 3. The summed E-state index contributed by atoms with van der Waals surface area (Å²) in [6, 6.07) is 15.3. The summed E-state index contributed by atoms with van der Waals surface area (Å²) in [5.41, 5.74) is 2.74. The highest BCUT2D eigenvalue weighted by Gasteiger charge is 2.33. The Balaban J connectivity index is 1.68. The van der Waals surface area contributed by atoms with Crippen LogP contribution in [0.25, 0.3) is 6.08 Å². The number of hydrogen-bond acceptors (Lipinski definition) is 9. The lowest BCUT2D eigenvalue weighted by Gasteiger charge is -2.20. The highest BCUT2D eigenvalue weighted by atomic mass is 32.2. The van der Waals surface area contributed by atoms with Gasteiger partial charge in [-0.3, -0.25) is 19.1 Å². The Hall–Kier alpha value is -4.27. The fourth-order valence-corrected chi connectivity index (χ4v) is 6.07. The summed E-state index contributed by atoms with van der Waals surface area (Å²) in [4.78, 5) is 28.9. The van der Waals surface area contributed by atoms with E-state index in [9.17, 15) is 14.9 Å². The van der Waals surface area contributed by atoms with E-state index in [1.807, 2.05) is 49.4 Å². The molecule has 1 aliphatic heterocycles. The Bertz CT molecular complexity index is 1660. The number of nitriles is 1. The summed E-state index contributed by atoms with van der Waals surface area (Å²) >= 11 is 6.79. The number of amides is 1. The molecule has 1 N–H and O–H groups in total. The van der Waals surface area contributed by atoms with Crippen LogP contribution in [0, 0.1) is 18.3 Å². The average Bonchev–Trinajstić information content (AvgIpc) is 3.28. The van der Waals surface area contributed by atoms with E-state index in [1.54, 1.807) is 43.8 Å². The van der Waals surface area contributed by atoms with Gasteiger partial charge in [0.25, 0.3) is 11.5 Å². The van der Waals surface area contributed by atoms with Crippen LogP contribution in [0.5, 0.6) is 17.2 Å². The zero-order valence-electron chi connectivity index (χ0n) is 24.9. The zero-order valence-corrected chi connectivity index (χ0v) is 26.5. The maximum Gasteiger partial charge on any atom is 0.270 e. The second-order valence-electron chi connectivity index (χ2n) is 9.81. The molecule has 1 aromatic heterocycles. The summed E-state index contributed by atoms with van der Waals surface area (Å²) in [5, 5.41) is 13.3. The lowest BCUT2D eigenvalue weighted by Crippen LogP contribution is -2.29. The van der Waals surface area contributed by atoms with Crippen molar-refractivity contribution in [1.29, 1.82) is 5.26 Å². The summed E-state index contributed by atoms with van der Waals surface area (Å²) < 4.78 is 18.0. The van der Waals surface area contributed by atoms with Crippen molar-refractivity contribution in [3.63, 3.8) is 0 Å². The van der Waals surface area contributed by atoms with Gasteiger partial charge in [-0.25, -0.2) is 0 Å². The molecule has 1 aliphatic rings. The van der Waals surface area contributed by atoms with Crippen LogP contribution in [0.1, 0.15) is 41.2 Å². The molecule has 1 fully saturated rings. The Morgan fingerprint density at radius 2 is 1.72 bits per heavy atom. The van der Waals surface area contributed by atoms with Gasteiger partial charge in [0.05, 0.1) is 32.8 Å². The fourth-order valence-electron chi connectivity index (χ4n) is 4.83. The molecule has 2 heterocycles. The molecule has 0 aliphatic carbocycles. The molecule has 11 heteroatoms. The van der Waals surface area contributed by atoms with Crippen LogP contribution in [0.15, 0.2) is 52.2 Å². The van der Waals surface area contributed by atoms with Crippen LogP contribution in [-0.4, -0.2) is 47.6 Å². The van der Waals surface area contributed by atoms with E-state index >= 15 is 0 Å². The van der Waals surface area contributed by atoms with E-state index in [2.05, 4.69) is 11.4 Å². The molecule has 1 amide bonds. The lowest BCUT2D eigenvalue weighted by molar-refractivity contribution is -0.122. The van der Waals surface area contributed by atoms with E-state index in [0.29, 0.717) is 70.1 Å². The van der Waals surface area contributed by atoms with Gasteiger partial charge in [0.2, 0.25) is 0 Å². The summed E-state index contributed by atoms with van der Waals surface area (Å²) in [6.07, 6.45) is 3.05. The van der Waals surface area contributed by atoms with Gasteiger partial charge in [-0.05, 0) is 66.8 Å². The first-order chi connectivity index (χ1) is 20.8. The van der Waals surface area contributed by atoms with Gasteiger partial charge in [0, 0.05) is 18.7 Å². The number of nitrogens with one attached hydrogen (secondary N) is 1. The minimum Gasteiger partial charge on any atom is -0.497 e. The highest BCUT2D eigenvalue weighted by molar-refractivity contribution is 8.26. The van der Waals surface area contributed by atoms with Gasteiger partial charge in [0.1, 0.15) is 27.5 Å². The van der Waals surface area contributed by atoms with Gasteiger partial charge in [0.15, 0.2) is 11.5 Å². The van der Waals surface area contributed by atoms with Crippen LogP contribution in [0.4, 0.5) is 5.82 Å². The molecular weight excluding hydrogens is 585 g/mol. The molecule has 0 spiro atoms. The molecule has 224 valence electrons. The van der Waals surface area contributed by atoms with Gasteiger partial charge in [-0.15, -0.1) is 0 Å². The topological polar surface area (TPSA) is 106 Å². The van der Waals surface area contributed by atoms with Gasteiger partial charge in [-0.1, -0.05) is 49.1 Å². The number of thioether (sulfide) groups is 1. The number of aromatic nitrogens is 1. The van der Waals surface area contributed by atoms with E-state index in [4.69, 9.17) is 26.4 Å². The van der Waals surface area contributed by atoms with Gasteiger partial charge < -0.3 is 19.5 Å². The average molecular weight is 619 g/mol. The van der Waals surface area contributed by atoms with Crippen LogP contribution >= 0.6 is 24.0 Å². The van der Waals surface area contributed by atoms with E-state index < -0.39 is 0 Å². The number of nitrogens with zero attached hydrogens (tertiary/aromatic N) is 3. The number of hydrogen-bond donors (Lipinski definition) is 1. The molecule has 2 aromatic carbocycles. The monoisotopic (exact) mass is 618 g/mol. The predicted octanol–water partition coefficient (Wildman–Crippen LogP) is 5.52. The number of benzene rings is 2. The number of ether oxygens (including phenoxy) is 3. The molecule has 9 nitrogen and oxygen atoms in total. The quantitative estimate of drug-likeness (QED) is 0.207. The van der Waals surface area contributed by atoms with Crippen molar-refractivity contribution in [2.45, 2.75) is 39.8 Å². The molecule has 4 rings (SSSR count). The molecule has 0 unspecified atom stereocenters. The van der Waals surface area contributed by atoms with E-state index in [-0.39, 0.29) is 17.0 Å². The Labute approximate surface area is 261 Å². The highest BCUT2D eigenvalue weighted by Crippen LogP contribution is 2.36. The third kappa shape index (κ3) is 6.87. The van der Waals surface area contributed by atoms with Gasteiger partial charge >= 0.3 is 0 Å². The molecule has 0 atom stereocenters. The van der Waals surface area contributed by atoms with Crippen molar-refractivity contribution in [2.75, 3.05) is 33.2 Å². The molecule has 3 aromatic rings. The first-order valence-electron chi connectivity index (χ1n) is 13.8. The van der Waals surface area contributed by atoms with Crippen molar-refractivity contribution in [1.82, 2.24) is 9.47 Å². The number of carbonyl (C=O) groups excluding carboxylic acids is 1. The van der Waals surface area contributed by atoms with Gasteiger partial charge in [-0.2, -0.15) is 5.26 Å². The Morgan fingerprint density at radius 1 is 1.02 bits per heavy atom. The third-order valence-electron chi connectivity index (χ3n) is 7.12. The summed E-state index contributed by atoms with van der Waals surface area (Å²) in [6.45, 7) is 4.92. The van der Waals surface area contributed by atoms with Crippen LogP contribution in [0.2, 0.25) is 0 Å². The Kier molecular flexibility index (Phi) is 10.5. The number of carbonyl (C=O) groups is 1. The maximum absolute atomic E-state index is 13.6.